The average molecular weight is 525 g/mol. The van der Waals surface area contributed by atoms with Crippen molar-refractivity contribution in [3.05, 3.63) is 95.6 Å². The van der Waals surface area contributed by atoms with Crippen molar-refractivity contribution in [2.45, 2.75) is 38.7 Å². The van der Waals surface area contributed by atoms with E-state index in [4.69, 9.17) is 4.74 Å². The van der Waals surface area contributed by atoms with Crippen molar-refractivity contribution >= 4 is 15.7 Å². The quantitative estimate of drug-likeness (QED) is 0.331. The van der Waals surface area contributed by atoms with Crippen molar-refractivity contribution in [1.29, 1.82) is 0 Å². The summed E-state index contributed by atoms with van der Waals surface area (Å²) in [5.41, 5.74) is 1.54. The Morgan fingerprint density at radius 1 is 0.865 bits per heavy atom. The molecule has 0 fully saturated rings. The van der Waals surface area contributed by atoms with Gasteiger partial charge in [0.05, 0.1) is 19.1 Å². The SMILES string of the molecule is CCC(c1ccc(OC)cc1)C(O)(c1ccccc1)c1cccc(N(CCN(CC)CC)S(C)(=O)=O)c1. The molecule has 0 amide bonds. The van der Waals surface area contributed by atoms with Crippen molar-refractivity contribution in [2.24, 2.45) is 0 Å². The first-order valence-electron chi connectivity index (χ1n) is 12.9. The van der Waals surface area contributed by atoms with Crippen LogP contribution in [0.2, 0.25) is 0 Å². The summed E-state index contributed by atoms with van der Waals surface area (Å²) in [4.78, 5) is 2.19. The summed E-state index contributed by atoms with van der Waals surface area (Å²) < 4.78 is 32.5. The number of benzene rings is 3. The molecule has 0 aromatic heterocycles. The predicted molar refractivity (Wildman–Crippen MR) is 152 cm³/mol. The monoisotopic (exact) mass is 524 g/mol. The maximum atomic E-state index is 12.9. The van der Waals surface area contributed by atoms with Crippen LogP contribution in [0.4, 0.5) is 5.69 Å². The minimum atomic E-state index is -3.53. The Labute approximate surface area is 222 Å². The molecule has 6 nitrogen and oxygen atoms in total. The van der Waals surface area contributed by atoms with Gasteiger partial charge in [-0.2, -0.15) is 0 Å². The number of aliphatic hydroxyl groups is 1. The zero-order chi connectivity index (χ0) is 27.1. The Kier molecular flexibility index (Phi) is 9.76. The van der Waals surface area contributed by atoms with Crippen LogP contribution >= 0.6 is 0 Å². The third-order valence-corrected chi connectivity index (χ3v) is 8.33. The minimum absolute atomic E-state index is 0.279. The van der Waals surface area contributed by atoms with E-state index in [9.17, 15) is 13.5 Å². The van der Waals surface area contributed by atoms with Gasteiger partial charge in [0.1, 0.15) is 11.4 Å². The van der Waals surface area contributed by atoms with Crippen LogP contribution in [0.5, 0.6) is 5.75 Å². The molecule has 2 atom stereocenters. The standard InChI is InChI=1S/C30H40N2O4S/c1-6-29(24-17-19-28(36-4)20-18-24)30(33,25-13-10-9-11-14-25)26-15-12-16-27(23-26)32(37(5,34)35)22-21-31(7-2)8-3/h9-20,23,29,33H,6-8,21-22H2,1-5H3. The van der Waals surface area contributed by atoms with E-state index in [1.54, 1.807) is 13.2 Å². The first-order valence-corrected chi connectivity index (χ1v) is 14.8. The van der Waals surface area contributed by atoms with Gasteiger partial charge in [0.25, 0.3) is 0 Å². The average Bonchev–Trinajstić information content (AvgIpc) is 2.91. The summed E-state index contributed by atoms with van der Waals surface area (Å²) in [6, 6.07) is 24.7. The zero-order valence-electron chi connectivity index (χ0n) is 22.6. The number of nitrogens with zero attached hydrogens (tertiary/aromatic N) is 2. The van der Waals surface area contributed by atoms with E-state index in [1.165, 1.54) is 10.6 Å². The fourth-order valence-corrected chi connectivity index (χ4v) is 5.94. The van der Waals surface area contributed by atoms with Gasteiger partial charge in [-0.25, -0.2) is 8.42 Å². The second-order valence-electron chi connectivity index (χ2n) is 9.28. The highest BCUT2D eigenvalue weighted by Gasteiger charge is 2.40. The van der Waals surface area contributed by atoms with Gasteiger partial charge < -0.3 is 14.7 Å². The van der Waals surface area contributed by atoms with Crippen molar-refractivity contribution in [3.8, 4) is 5.75 Å². The number of likely N-dealkylation sites (N-methyl/N-ethyl adjacent to an activating group) is 1. The molecule has 0 saturated carbocycles. The van der Waals surface area contributed by atoms with Crippen molar-refractivity contribution in [3.63, 3.8) is 0 Å². The first-order chi connectivity index (χ1) is 17.7. The van der Waals surface area contributed by atoms with Crippen LogP contribution in [0, 0.1) is 0 Å². The minimum Gasteiger partial charge on any atom is -0.497 e. The van der Waals surface area contributed by atoms with Crippen molar-refractivity contribution in [2.75, 3.05) is 43.8 Å². The molecule has 0 spiro atoms. The maximum absolute atomic E-state index is 12.9. The normalized spacial score (nSPS) is 14.2. The Balaban J connectivity index is 2.14. The highest BCUT2D eigenvalue weighted by molar-refractivity contribution is 7.92. The summed E-state index contributed by atoms with van der Waals surface area (Å²) in [5.74, 6) is 0.472. The van der Waals surface area contributed by atoms with Gasteiger partial charge in [0.15, 0.2) is 0 Å². The van der Waals surface area contributed by atoms with E-state index in [0.29, 0.717) is 30.8 Å². The second kappa shape index (κ2) is 12.6. The molecule has 0 saturated heterocycles. The van der Waals surface area contributed by atoms with Gasteiger partial charge in [-0.3, -0.25) is 4.31 Å². The molecular formula is C30H40N2O4S. The molecule has 3 aromatic carbocycles. The third kappa shape index (κ3) is 6.53. The summed E-state index contributed by atoms with van der Waals surface area (Å²) in [6.07, 6.45) is 1.90. The van der Waals surface area contributed by atoms with E-state index >= 15 is 0 Å². The van der Waals surface area contributed by atoms with E-state index in [0.717, 1.165) is 30.0 Å². The van der Waals surface area contributed by atoms with Crippen molar-refractivity contribution in [1.82, 2.24) is 4.90 Å². The zero-order valence-corrected chi connectivity index (χ0v) is 23.4. The Morgan fingerprint density at radius 3 is 2.03 bits per heavy atom. The van der Waals surface area contributed by atoms with E-state index in [1.807, 2.05) is 72.8 Å². The van der Waals surface area contributed by atoms with Crippen molar-refractivity contribution < 1.29 is 18.3 Å². The Bertz CT molecular complexity index is 1230. The number of hydrogen-bond acceptors (Lipinski definition) is 5. The van der Waals surface area contributed by atoms with Crippen LogP contribution in [0.15, 0.2) is 78.9 Å². The van der Waals surface area contributed by atoms with E-state index < -0.39 is 15.6 Å². The maximum Gasteiger partial charge on any atom is 0.232 e. The summed E-state index contributed by atoms with van der Waals surface area (Å²) in [5, 5.41) is 12.6. The lowest BCUT2D eigenvalue weighted by Gasteiger charge is -2.38. The topological polar surface area (TPSA) is 70.1 Å². The van der Waals surface area contributed by atoms with Crippen LogP contribution in [0.3, 0.4) is 0 Å². The number of methoxy groups -OCH3 is 1. The highest BCUT2D eigenvalue weighted by Crippen LogP contribution is 2.45. The molecule has 200 valence electrons. The van der Waals surface area contributed by atoms with Crippen LogP contribution in [-0.2, 0) is 15.6 Å². The molecule has 2 unspecified atom stereocenters. The fraction of sp³-hybridized carbons (Fsp3) is 0.400. The molecule has 3 aromatic rings. The lowest BCUT2D eigenvalue weighted by atomic mass is 9.72. The molecule has 1 N–H and O–H groups in total. The molecule has 7 heteroatoms. The van der Waals surface area contributed by atoms with Gasteiger partial charge in [-0.15, -0.1) is 0 Å². The molecule has 0 radical (unpaired) electrons. The van der Waals surface area contributed by atoms with Gasteiger partial charge in [0.2, 0.25) is 10.0 Å². The summed E-state index contributed by atoms with van der Waals surface area (Å²) in [7, 11) is -1.90. The lowest BCUT2D eigenvalue weighted by molar-refractivity contribution is 0.0477. The molecule has 37 heavy (non-hydrogen) atoms. The fourth-order valence-electron chi connectivity index (χ4n) is 5.03. The molecule has 0 aliphatic heterocycles. The van der Waals surface area contributed by atoms with E-state index in [-0.39, 0.29) is 5.92 Å². The first kappa shape index (κ1) is 28.7. The molecule has 3 rings (SSSR count). The van der Waals surface area contributed by atoms with Gasteiger partial charge in [0, 0.05) is 19.0 Å². The van der Waals surface area contributed by atoms with Crippen LogP contribution in [0.25, 0.3) is 0 Å². The van der Waals surface area contributed by atoms with Gasteiger partial charge >= 0.3 is 0 Å². The molecule has 0 aliphatic carbocycles. The number of anilines is 1. The van der Waals surface area contributed by atoms with Crippen LogP contribution < -0.4 is 9.04 Å². The summed E-state index contributed by atoms with van der Waals surface area (Å²) >= 11 is 0. The number of sulfonamides is 1. The largest absolute Gasteiger partial charge is 0.497 e. The van der Waals surface area contributed by atoms with Gasteiger partial charge in [-0.1, -0.05) is 75.4 Å². The Morgan fingerprint density at radius 2 is 1.49 bits per heavy atom. The molecule has 0 heterocycles. The molecule has 0 aliphatic rings. The highest BCUT2D eigenvalue weighted by atomic mass is 32.2. The lowest BCUT2D eigenvalue weighted by Crippen LogP contribution is -2.39. The second-order valence-corrected chi connectivity index (χ2v) is 11.2. The number of rotatable bonds is 13. The van der Waals surface area contributed by atoms with Gasteiger partial charge in [-0.05, 0) is 60.5 Å². The number of hydrogen-bond donors (Lipinski definition) is 1. The summed E-state index contributed by atoms with van der Waals surface area (Å²) in [6.45, 7) is 8.85. The molecule has 0 bridgehead atoms. The van der Waals surface area contributed by atoms with Crippen LogP contribution in [-0.4, -0.2) is 58.0 Å². The Hall–Kier alpha value is -2.87. The third-order valence-electron chi connectivity index (χ3n) is 7.13. The molecular weight excluding hydrogens is 484 g/mol. The van der Waals surface area contributed by atoms with Crippen LogP contribution in [0.1, 0.15) is 49.8 Å². The predicted octanol–water partition coefficient (Wildman–Crippen LogP) is 5.23. The smallest absolute Gasteiger partial charge is 0.232 e. The van der Waals surface area contributed by atoms with E-state index in [2.05, 4.69) is 25.7 Å². The number of ether oxygens (including phenoxy) is 1.